The Morgan fingerprint density at radius 1 is 1.03 bits per heavy atom. The number of nitrogens with zero attached hydrogens (tertiary/aromatic N) is 1. The second-order valence-corrected chi connectivity index (χ2v) is 9.61. The van der Waals surface area contributed by atoms with Gasteiger partial charge in [0.2, 0.25) is 11.8 Å². The minimum atomic E-state index is -1.27. The lowest BCUT2D eigenvalue weighted by molar-refractivity contribution is -0.123. The molecule has 0 spiro atoms. The molecule has 3 aromatic carbocycles. The number of para-hydroxylation sites is 1. The first kappa shape index (κ1) is 23.8. The van der Waals surface area contributed by atoms with Crippen LogP contribution in [0.3, 0.4) is 0 Å². The Bertz CT molecular complexity index is 1410. The normalized spacial score (nSPS) is 23.2. The Hall–Kier alpha value is -3.89. The highest BCUT2D eigenvalue weighted by Gasteiger charge is 2.66. The van der Waals surface area contributed by atoms with Crippen molar-refractivity contribution in [2.45, 2.75) is 24.2 Å². The van der Waals surface area contributed by atoms with E-state index in [1.165, 1.54) is 4.90 Å². The number of hydrogen-bond acceptors (Lipinski definition) is 3. The fourth-order valence-corrected chi connectivity index (χ4v) is 6.07. The third kappa shape index (κ3) is 3.44. The monoisotopic (exact) mass is 495 g/mol. The summed E-state index contributed by atoms with van der Waals surface area (Å²) in [5, 5.41) is 11.8. The smallest absolute Gasteiger partial charge is 0.246 e. The average molecular weight is 496 g/mol. The zero-order chi connectivity index (χ0) is 25.4. The molecular weight excluding hydrogens is 470 g/mol. The van der Waals surface area contributed by atoms with Gasteiger partial charge in [-0.3, -0.25) is 9.59 Å². The van der Waals surface area contributed by atoms with Crippen molar-refractivity contribution in [3.8, 4) is 5.75 Å². The first-order valence-corrected chi connectivity index (χ1v) is 12.3. The molecule has 2 aliphatic rings. The second kappa shape index (κ2) is 9.29. The summed E-state index contributed by atoms with van der Waals surface area (Å²) >= 11 is 6.25. The van der Waals surface area contributed by atoms with E-state index in [1.54, 1.807) is 36.4 Å². The van der Waals surface area contributed by atoms with Gasteiger partial charge in [0, 0.05) is 16.5 Å². The molecule has 5 heteroatoms. The summed E-state index contributed by atoms with van der Waals surface area (Å²) in [4.78, 5) is 29.9. The predicted octanol–water partition coefficient (Wildman–Crippen LogP) is 6.50. The first-order chi connectivity index (χ1) is 17.4. The van der Waals surface area contributed by atoms with Gasteiger partial charge < -0.3 is 5.11 Å². The quantitative estimate of drug-likeness (QED) is 0.313. The van der Waals surface area contributed by atoms with Crippen molar-refractivity contribution < 1.29 is 14.7 Å². The molecule has 0 bridgehead atoms. The van der Waals surface area contributed by atoms with Crippen LogP contribution in [-0.4, -0.2) is 16.9 Å². The highest BCUT2D eigenvalue weighted by atomic mass is 35.5. The number of amides is 2. The summed E-state index contributed by atoms with van der Waals surface area (Å²) < 4.78 is 0. The number of anilines is 1. The molecular formula is C31H26ClNO3. The number of fused-ring (bicyclic) bond motifs is 1. The number of rotatable bonds is 6. The van der Waals surface area contributed by atoms with Gasteiger partial charge in [-0.25, -0.2) is 4.90 Å². The topological polar surface area (TPSA) is 57.6 Å². The zero-order valence-corrected chi connectivity index (χ0v) is 20.5. The van der Waals surface area contributed by atoms with Gasteiger partial charge in [0.05, 0.1) is 17.0 Å². The van der Waals surface area contributed by atoms with Gasteiger partial charge in [0.1, 0.15) is 5.75 Å². The molecule has 0 aromatic heterocycles. The van der Waals surface area contributed by atoms with Crippen LogP contribution in [0.15, 0.2) is 110 Å². The molecule has 4 nitrogen and oxygen atoms in total. The van der Waals surface area contributed by atoms with Crippen molar-refractivity contribution in [2.75, 3.05) is 4.90 Å². The number of benzene rings is 3. The van der Waals surface area contributed by atoms with Crippen molar-refractivity contribution in [2.24, 2.45) is 5.92 Å². The lowest BCUT2D eigenvalue weighted by atomic mass is 9.56. The maximum Gasteiger partial charge on any atom is 0.246 e. The third-order valence-corrected chi connectivity index (χ3v) is 7.62. The molecule has 5 rings (SSSR count). The van der Waals surface area contributed by atoms with Crippen LogP contribution in [0.2, 0.25) is 5.02 Å². The Morgan fingerprint density at radius 2 is 1.78 bits per heavy atom. The van der Waals surface area contributed by atoms with E-state index in [1.807, 2.05) is 54.6 Å². The van der Waals surface area contributed by atoms with Crippen molar-refractivity contribution >= 4 is 29.1 Å². The molecule has 1 aliphatic heterocycles. The second-order valence-electron chi connectivity index (χ2n) is 9.17. The summed E-state index contributed by atoms with van der Waals surface area (Å²) in [6, 6.07) is 21.7. The van der Waals surface area contributed by atoms with Crippen LogP contribution in [0.25, 0.3) is 0 Å². The van der Waals surface area contributed by atoms with E-state index < -0.39 is 17.3 Å². The molecule has 1 aliphatic carbocycles. The van der Waals surface area contributed by atoms with E-state index in [4.69, 9.17) is 11.6 Å². The van der Waals surface area contributed by atoms with Crippen molar-refractivity contribution in [1.29, 1.82) is 0 Å². The van der Waals surface area contributed by atoms with Crippen LogP contribution in [0.1, 0.15) is 29.0 Å². The first-order valence-electron chi connectivity index (χ1n) is 11.9. The number of halogens is 1. The lowest BCUT2D eigenvalue weighted by Gasteiger charge is -2.43. The van der Waals surface area contributed by atoms with E-state index in [0.717, 1.165) is 11.1 Å². The Kier molecular flexibility index (Phi) is 6.15. The molecule has 0 radical (unpaired) electrons. The van der Waals surface area contributed by atoms with Crippen LogP contribution >= 0.6 is 11.6 Å². The van der Waals surface area contributed by atoms with Crippen LogP contribution in [0.4, 0.5) is 5.69 Å². The number of carbonyl (C=O) groups is 2. The average Bonchev–Trinajstić information content (AvgIpc) is 3.12. The molecule has 1 heterocycles. The van der Waals surface area contributed by atoms with Crippen LogP contribution in [0.5, 0.6) is 5.75 Å². The molecule has 2 amide bonds. The van der Waals surface area contributed by atoms with Gasteiger partial charge in [-0.05, 0) is 47.7 Å². The number of carbonyl (C=O) groups excluding carboxylic acids is 2. The summed E-state index contributed by atoms with van der Waals surface area (Å²) in [5.41, 5.74) is 1.98. The summed E-state index contributed by atoms with van der Waals surface area (Å²) in [6.45, 7) is 7.83. The molecule has 0 saturated carbocycles. The van der Waals surface area contributed by atoms with Crippen molar-refractivity contribution in [3.05, 3.63) is 131 Å². The van der Waals surface area contributed by atoms with E-state index in [-0.39, 0.29) is 17.6 Å². The SMILES string of the molecule is C=CCc1cccc(C2C(C=C)=CCC3C(=O)N(c4cccc(Cl)c4)C(=O)C32c2ccccc2)c1O. The van der Waals surface area contributed by atoms with Gasteiger partial charge in [-0.15, -0.1) is 6.58 Å². The summed E-state index contributed by atoms with van der Waals surface area (Å²) in [7, 11) is 0. The zero-order valence-electron chi connectivity index (χ0n) is 19.7. The highest BCUT2D eigenvalue weighted by molar-refractivity contribution is 6.32. The molecule has 3 aromatic rings. The Morgan fingerprint density at radius 3 is 2.47 bits per heavy atom. The third-order valence-electron chi connectivity index (χ3n) is 7.38. The molecule has 1 N–H and O–H groups in total. The highest BCUT2D eigenvalue weighted by Crippen LogP contribution is 2.59. The standard InChI is InChI=1S/C31H26ClNO3/c1-3-10-21-11-8-16-25(28(21)34)27-20(4-2)17-18-26-29(35)33(24-15-9-14-23(32)19-24)30(36)31(26,27)22-12-6-5-7-13-22/h3-9,11-17,19,26-27,34H,1-2,10,18H2. The van der Waals surface area contributed by atoms with Crippen molar-refractivity contribution in [1.82, 2.24) is 0 Å². The van der Waals surface area contributed by atoms with Crippen LogP contribution < -0.4 is 4.90 Å². The van der Waals surface area contributed by atoms with E-state index in [2.05, 4.69) is 13.2 Å². The predicted molar refractivity (Wildman–Crippen MR) is 143 cm³/mol. The number of phenols is 1. The van der Waals surface area contributed by atoms with Gasteiger partial charge in [0.15, 0.2) is 0 Å². The number of aromatic hydroxyl groups is 1. The fraction of sp³-hybridized carbons (Fsp3) is 0.161. The number of hydrogen-bond donors (Lipinski definition) is 1. The van der Waals surface area contributed by atoms with E-state index >= 15 is 0 Å². The Labute approximate surface area is 215 Å². The fourth-order valence-electron chi connectivity index (χ4n) is 5.89. The molecule has 3 atom stereocenters. The molecule has 1 fully saturated rings. The van der Waals surface area contributed by atoms with Gasteiger partial charge in [-0.2, -0.15) is 0 Å². The Balaban J connectivity index is 1.82. The van der Waals surface area contributed by atoms with E-state index in [0.29, 0.717) is 34.7 Å². The lowest BCUT2D eigenvalue weighted by Crippen LogP contribution is -2.48. The maximum atomic E-state index is 14.7. The number of imide groups is 1. The molecule has 180 valence electrons. The number of phenolic OH excluding ortho intramolecular Hbond substituents is 1. The molecule has 1 saturated heterocycles. The molecule has 3 unspecified atom stereocenters. The largest absolute Gasteiger partial charge is 0.507 e. The summed E-state index contributed by atoms with van der Waals surface area (Å²) in [6.07, 6.45) is 6.27. The minimum Gasteiger partial charge on any atom is -0.507 e. The van der Waals surface area contributed by atoms with Gasteiger partial charge >= 0.3 is 0 Å². The molecule has 36 heavy (non-hydrogen) atoms. The van der Waals surface area contributed by atoms with Gasteiger partial charge in [0.25, 0.3) is 0 Å². The summed E-state index contributed by atoms with van der Waals surface area (Å²) in [5.74, 6) is -1.80. The van der Waals surface area contributed by atoms with Crippen molar-refractivity contribution in [3.63, 3.8) is 0 Å². The van der Waals surface area contributed by atoms with Crippen LogP contribution in [0, 0.1) is 5.92 Å². The van der Waals surface area contributed by atoms with Gasteiger partial charge in [-0.1, -0.05) is 91.0 Å². The maximum absolute atomic E-state index is 14.7. The van der Waals surface area contributed by atoms with Crippen LogP contribution in [-0.2, 0) is 21.4 Å². The number of allylic oxidation sites excluding steroid dienone is 4. The van der Waals surface area contributed by atoms with E-state index in [9.17, 15) is 14.7 Å². The minimum absolute atomic E-state index is 0.104.